The van der Waals surface area contributed by atoms with Gasteiger partial charge >= 0.3 is 0 Å². The van der Waals surface area contributed by atoms with E-state index >= 15 is 0 Å². The van der Waals surface area contributed by atoms with Crippen molar-refractivity contribution in [2.75, 3.05) is 13.6 Å². The van der Waals surface area contributed by atoms with Crippen LogP contribution in [0.5, 0.6) is 5.75 Å². The van der Waals surface area contributed by atoms with E-state index in [9.17, 15) is 5.11 Å². The molecule has 3 rings (SSSR count). The number of allylic oxidation sites excluding steroid dienone is 7. The molecule has 0 saturated heterocycles. The fraction of sp³-hybridized carbons (Fsp3) is 0.256. The van der Waals surface area contributed by atoms with Crippen molar-refractivity contribution >= 4 is 11.8 Å². The van der Waals surface area contributed by atoms with Gasteiger partial charge in [0.15, 0.2) is 0 Å². The molecule has 0 radical (unpaired) electrons. The second-order valence-corrected chi connectivity index (χ2v) is 10.4. The lowest BCUT2D eigenvalue weighted by Crippen LogP contribution is -2.18. The van der Waals surface area contributed by atoms with Crippen molar-refractivity contribution in [3.63, 3.8) is 0 Å². The normalized spacial score (nSPS) is 13.3. The molecule has 6 N–H and O–H groups in total. The summed E-state index contributed by atoms with van der Waals surface area (Å²) in [6, 6.07) is 15.7. The molecule has 1 aliphatic carbocycles. The number of nitrogens with two attached hydrogens (primary N) is 1. The van der Waals surface area contributed by atoms with Crippen LogP contribution in [-0.4, -0.2) is 30.0 Å². The Labute approximate surface area is 271 Å². The predicted octanol–water partition coefficient (Wildman–Crippen LogP) is 8.14. The van der Waals surface area contributed by atoms with Crippen LogP contribution in [0, 0.1) is 18.8 Å². The first kappa shape index (κ1) is 40.0. The van der Waals surface area contributed by atoms with E-state index in [0.29, 0.717) is 25.6 Å². The van der Waals surface area contributed by atoms with E-state index in [1.807, 2.05) is 31.3 Å². The molecule has 6 heteroatoms. The number of phenols is 1. The number of para-hydroxylation sites is 1. The Morgan fingerprint density at radius 2 is 1.62 bits per heavy atom. The first-order valence-corrected chi connectivity index (χ1v) is 14.7. The minimum atomic E-state index is 0.237. The number of nitrogens with one attached hydrogen (secondary N) is 2. The van der Waals surface area contributed by atoms with Crippen LogP contribution in [0.2, 0.25) is 0 Å². The third-order valence-electron chi connectivity index (χ3n) is 6.62. The average molecular weight is 609 g/mol. The van der Waals surface area contributed by atoms with E-state index in [1.165, 1.54) is 22.3 Å². The third kappa shape index (κ3) is 16.4. The van der Waals surface area contributed by atoms with Crippen LogP contribution in [0.4, 0.5) is 0 Å². The predicted molar refractivity (Wildman–Crippen MR) is 196 cm³/mol. The number of terminal acetylenes is 1. The molecule has 2 aromatic carbocycles. The minimum Gasteiger partial charge on any atom is -0.516 e. The molecule has 45 heavy (non-hydrogen) atoms. The molecular weight excluding hydrogens is 556 g/mol. The van der Waals surface area contributed by atoms with Crippen LogP contribution in [0.25, 0.3) is 5.57 Å². The molecule has 1 aliphatic rings. The summed E-state index contributed by atoms with van der Waals surface area (Å²) in [5.74, 6) is 0.627. The SMILES string of the molecule is C#C.C=C(NCc1cccc(CN/C(C)=C/C(=C)c2ccccc2O)c1)C1=CC(CN)CC=C1.C=CO.CN=CC(C)=C(C)C. The zero-order valence-electron chi connectivity index (χ0n) is 27.7. The van der Waals surface area contributed by atoms with Crippen molar-refractivity contribution in [3.8, 4) is 18.6 Å². The summed E-state index contributed by atoms with van der Waals surface area (Å²) in [7, 11) is 1.78. The van der Waals surface area contributed by atoms with Crippen LogP contribution >= 0.6 is 0 Å². The summed E-state index contributed by atoms with van der Waals surface area (Å²) in [6.45, 7) is 21.5. The number of hydrogen-bond donors (Lipinski definition) is 5. The van der Waals surface area contributed by atoms with E-state index in [2.05, 4.69) is 111 Å². The lowest BCUT2D eigenvalue weighted by molar-refractivity contribution is 0.473. The quantitative estimate of drug-likeness (QED) is 0.0767. The Bertz CT molecular complexity index is 1400. The molecular formula is C39H52N4O2. The lowest BCUT2D eigenvalue weighted by atomic mass is 9.95. The molecule has 0 amide bonds. The first-order valence-electron chi connectivity index (χ1n) is 14.7. The van der Waals surface area contributed by atoms with Gasteiger partial charge in [-0.05, 0) is 86.6 Å². The van der Waals surface area contributed by atoms with Crippen LogP contribution in [0.3, 0.4) is 0 Å². The summed E-state index contributed by atoms with van der Waals surface area (Å²) in [5.41, 5.74) is 15.3. The number of rotatable bonds is 11. The summed E-state index contributed by atoms with van der Waals surface area (Å²) in [4.78, 5) is 3.87. The maximum Gasteiger partial charge on any atom is 0.123 e. The lowest BCUT2D eigenvalue weighted by Gasteiger charge is -2.18. The highest BCUT2D eigenvalue weighted by molar-refractivity contribution is 5.78. The first-order chi connectivity index (χ1) is 21.6. The summed E-state index contributed by atoms with van der Waals surface area (Å²) >= 11 is 0. The molecule has 0 saturated carbocycles. The summed E-state index contributed by atoms with van der Waals surface area (Å²) in [6.07, 6.45) is 20.0. The van der Waals surface area contributed by atoms with Crippen molar-refractivity contribution < 1.29 is 10.2 Å². The van der Waals surface area contributed by atoms with E-state index < -0.39 is 0 Å². The van der Waals surface area contributed by atoms with Gasteiger partial charge in [-0.1, -0.05) is 86.0 Å². The minimum absolute atomic E-state index is 0.237. The van der Waals surface area contributed by atoms with Gasteiger partial charge in [-0.15, -0.1) is 12.8 Å². The number of nitrogens with zero attached hydrogens (tertiary/aromatic N) is 1. The fourth-order valence-corrected chi connectivity index (χ4v) is 3.97. The van der Waals surface area contributed by atoms with Gasteiger partial charge < -0.3 is 26.6 Å². The molecule has 6 nitrogen and oxygen atoms in total. The maximum atomic E-state index is 10.00. The number of aliphatic imine (C=N–C) groups is 1. The standard InChI is InChI=1S/C28H33N3O.C7H13N.C2H4O.C2H2/c1-20(27-12-4-5-13-28(27)32)14-21(2)30-18-24-9-6-10-25(15-24)19-31-22(3)26-11-7-8-23(16-26)17-29;1-6(2)7(3)5-8-4;1-2-3;1-2/h4-7,9-16,23,30-32H,1,3,8,17-19,29H2,2H3;5H,1-4H3;2-3H,1H2;1-2H/b21-14+;;;. The van der Waals surface area contributed by atoms with Gasteiger partial charge in [-0.25, -0.2) is 0 Å². The second kappa shape index (κ2) is 23.5. The van der Waals surface area contributed by atoms with Gasteiger partial charge in [0.2, 0.25) is 0 Å². The second-order valence-electron chi connectivity index (χ2n) is 10.4. The van der Waals surface area contributed by atoms with E-state index in [0.717, 1.165) is 40.8 Å². The van der Waals surface area contributed by atoms with Crippen molar-refractivity contribution in [1.29, 1.82) is 0 Å². The third-order valence-corrected chi connectivity index (χ3v) is 6.62. The van der Waals surface area contributed by atoms with Gasteiger partial charge in [0.05, 0.1) is 6.26 Å². The molecule has 0 heterocycles. The smallest absolute Gasteiger partial charge is 0.123 e. The molecule has 0 bridgehead atoms. The molecule has 1 atom stereocenters. The maximum absolute atomic E-state index is 10.00. The molecule has 1 unspecified atom stereocenters. The average Bonchev–Trinajstić information content (AvgIpc) is 3.04. The van der Waals surface area contributed by atoms with Crippen LogP contribution in [0.1, 0.15) is 50.8 Å². The van der Waals surface area contributed by atoms with Crippen LogP contribution in [0.15, 0.2) is 132 Å². The zero-order valence-corrected chi connectivity index (χ0v) is 27.7. The molecule has 2 aromatic rings. The molecule has 0 aliphatic heterocycles. The number of aliphatic hydroxyl groups is 1. The molecule has 0 aromatic heterocycles. The van der Waals surface area contributed by atoms with Gasteiger partial charge in [-0.2, -0.15) is 0 Å². The Morgan fingerprint density at radius 3 is 2.16 bits per heavy atom. The molecule has 240 valence electrons. The van der Waals surface area contributed by atoms with E-state index in [1.54, 1.807) is 19.2 Å². The topological polar surface area (TPSA) is 103 Å². The fourth-order valence-electron chi connectivity index (χ4n) is 3.97. The highest BCUT2D eigenvalue weighted by atomic mass is 16.3. The van der Waals surface area contributed by atoms with Crippen LogP contribution in [-0.2, 0) is 13.1 Å². The Kier molecular flexibility index (Phi) is 20.9. The zero-order chi connectivity index (χ0) is 34.2. The monoisotopic (exact) mass is 608 g/mol. The number of benzene rings is 2. The Hall–Kier alpha value is -4.99. The number of phenolic OH excluding ortho intramolecular Hbond substituents is 1. The van der Waals surface area contributed by atoms with Gasteiger partial charge in [0, 0.05) is 43.3 Å². The van der Waals surface area contributed by atoms with Crippen molar-refractivity contribution in [1.82, 2.24) is 10.6 Å². The largest absolute Gasteiger partial charge is 0.516 e. The van der Waals surface area contributed by atoms with E-state index in [-0.39, 0.29) is 5.75 Å². The van der Waals surface area contributed by atoms with Crippen molar-refractivity contribution in [3.05, 3.63) is 144 Å². The Balaban J connectivity index is 0.00000127. The van der Waals surface area contributed by atoms with Crippen LogP contribution < -0.4 is 16.4 Å². The number of aromatic hydroxyl groups is 1. The highest BCUT2D eigenvalue weighted by Crippen LogP contribution is 2.25. The molecule has 0 spiro atoms. The van der Waals surface area contributed by atoms with Crippen molar-refractivity contribution in [2.45, 2.75) is 47.2 Å². The van der Waals surface area contributed by atoms with Gasteiger partial charge in [-0.3, -0.25) is 4.99 Å². The summed E-state index contributed by atoms with van der Waals surface area (Å²) in [5, 5.41) is 24.2. The van der Waals surface area contributed by atoms with E-state index in [4.69, 9.17) is 10.8 Å². The van der Waals surface area contributed by atoms with Crippen molar-refractivity contribution in [2.24, 2.45) is 16.6 Å². The Morgan fingerprint density at radius 1 is 1.02 bits per heavy atom. The summed E-state index contributed by atoms with van der Waals surface area (Å²) < 4.78 is 0. The number of hydrogen-bond acceptors (Lipinski definition) is 6. The highest BCUT2D eigenvalue weighted by Gasteiger charge is 2.10. The number of aliphatic hydroxyl groups excluding tert-OH is 1. The molecule has 0 fully saturated rings. The van der Waals surface area contributed by atoms with Gasteiger partial charge in [0.1, 0.15) is 5.75 Å². The van der Waals surface area contributed by atoms with Gasteiger partial charge in [0.25, 0.3) is 0 Å².